The third kappa shape index (κ3) is 4.94. The Labute approximate surface area is 174 Å². The smallest absolute Gasteiger partial charge is 0.267 e. The van der Waals surface area contributed by atoms with E-state index < -0.39 is 15.9 Å². The van der Waals surface area contributed by atoms with Crippen LogP contribution in [0.4, 0.5) is 11.4 Å². The second kappa shape index (κ2) is 8.08. The molecule has 0 saturated heterocycles. The first-order valence-corrected chi connectivity index (χ1v) is 10.9. The zero-order chi connectivity index (χ0) is 19.6. The Morgan fingerprint density at radius 2 is 1.63 bits per heavy atom. The summed E-state index contributed by atoms with van der Waals surface area (Å²) in [6.07, 6.45) is 0. The fourth-order valence-corrected chi connectivity index (χ4v) is 5.00. The van der Waals surface area contributed by atoms with Gasteiger partial charge in [-0.15, -0.1) is 11.3 Å². The molecule has 2 N–H and O–H groups in total. The number of benzene rings is 2. The van der Waals surface area contributed by atoms with Gasteiger partial charge in [-0.3, -0.25) is 9.52 Å². The minimum absolute atomic E-state index is 0.104. The van der Waals surface area contributed by atoms with Gasteiger partial charge in [0.15, 0.2) is 0 Å². The molecule has 2 aromatic carbocycles. The maximum absolute atomic E-state index is 12.6. The highest BCUT2D eigenvalue weighted by Gasteiger charge is 2.21. The van der Waals surface area contributed by atoms with E-state index in [0.29, 0.717) is 10.7 Å². The second-order valence-electron chi connectivity index (χ2n) is 5.34. The number of anilines is 2. The van der Waals surface area contributed by atoms with Gasteiger partial charge in [-0.25, -0.2) is 8.42 Å². The van der Waals surface area contributed by atoms with Crippen LogP contribution in [0.3, 0.4) is 0 Å². The van der Waals surface area contributed by atoms with Crippen LogP contribution in [0.25, 0.3) is 0 Å². The summed E-state index contributed by atoms with van der Waals surface area (Å²) in [5, 5.41) is 5.13. The van der Waals surface area contributed by atoms with Crippen LogP contribution in [0.2, 0.25) is 15.1 Å². The lowest BCUT2D eigenvalue weighted by atomic mass is 10.3. The molecule has 5 nitrogen and oxygen atoms in total. The van der Waals surface area contributed by atoms with Crippen molar-refractivity contribution in [1.82, 2.24) is 0 Å². The molecule has 0 bridgehead atoms. The van der Waals surface area contributed by atoms with E-state index >= 15 is 0 Å². The van der Waals surface area contributed by atoms with Gasteiger partial charge in [0.1, 0.15) is 4.88 Å². The maximum Gasteiger partial charge on any atom is 0.267 e. The van der Waals surface area contributed by atoms with Crippen LogP contribution >= 0.6 is 46.1 Å². The molecule has 0 atom stereocenters. The van der Waals surface area contributed by atoms with E-state index in [1.807, 2.05) is 0 Å². The monoisotopic (exact) mass is 460 g/mol. The Morgan fingerprint density at radius 1 is 0.926 bits per heavy atom. The fourth-order valence-electron chi connectivity index (χ4n) is 2.21. The molecule has 0 saturated carbocycles. The quantitative estimate of drug-likeness (QED) is 0.507. The van der Waals surface area contributed by atoms with Crippen molar-refractivity contribution in [3.8, 4) is 0 Å². The topological polar surface area (TPSA) is 75.3 Å². The normalized spacial score (nSPS) is 11.2. The third-order valence-corrected chi connectivity index (χ3v) is 6.27. The number of thiophene rings is 1. The molecule has 0 aliphatic rings. The number of amides is 1. The van der Waals surface area contributed by atoms with Crippen molar-refractivity contribution < 1.29 is 13.2 Å². The number of hydrogen-bond acceptors (Lipinski definition) is 4. The lowest BCUT2D eigenvalue weighted by Gasteiger charge is -2.10. The first-order chi connectivity index (χ1) is 12.7. The highest BCUT2D eigenvalue weighted by Crippen LogP contribution is 2.28. The van der Waals surface area contributed by atoms with Gasteiger partial charge >= 0.3 is 0 Å². The van der Waals surface area contributed by atoms with E-state index in [0.717, 1.165) is 11.3 Å². The first kappa shape index (κ1) is 20.0. The van der Waals surface area contributed by atoms with Crippen LogP contribution < -0.4 is 10.0 Å². The maximum atomic E-state index is 12.6. The minimum Gasteiger partial charge on any atom is -0.321 e. The number of halogens is 3. The highest BCUT2D eigenvalue weighted by atomic mass is 35.5. The van der Waals surface area contributed by atoms with Crippen LogP contribution in [0.15, 0.2) is 58.8 Å². The van der Waals surface area contributed by atoms with Crippen LogP contribution in [0.1, 0.15) is 9.67 Å². The van der Waals surface area contributed by atoms with Crippen molar-refractivity contribution in [1.29, 1.82) is 0 Å². The largest absolute Gasteiger partial charge is 0.321 e. The molecule has 0 spiro atoms. The number of carbonyl (C=O) groups is 1. The summed E-state index contributed by atoms with van der Waals surface area (Å²) in [6.45, 7) is 0. The molecule has 1 heterocycles. The molecule has 27 heavy (non-hydrogen) atoms. The van der Waals surface area contributed by atoms with Crippen molar-refractivity contribution in [3.63, 3.8) is 0 Å². The summed E-state index contributed by atoms with van der Waals surface area (Å²) < 4.78 is 27.6. The van der Waals surface area contributed by atoms with E-state index in [2.05, 4.69) is 10.0 Å². The Kier molecular flexibility index (Phi) is 5.98. The summed E-state index contributed by atoms with van der Waals surface area (Å²) in [4.78, 5) is 12.6. The van der Waals surface area contributed by atoms with Gasteiger partial charge in [0.2, 0.25) is 0 Å². The van der Waals surface area contributed by atoms with Gasteiger partial charge in [0.25, 0.3) is 15.9 Å². The lowest BCUT2D eigenvalue weighted by molar-refractivity contribution is 0.103. The van der Waals surface area contributed by atoms with Crippen LogP contribution in [0, 0.1) is 0 Å². The molecular formula is C17H11Cl3N2O3S2. The van der Waals surface area contributed by atoms with Crippen molar-refractivity contribution in [2.75, 3.05) is 10.0 Å². The van der Waals surface area contributed by atoms with Gasteiger partial charge in [0.05, 0.1) is 10.6 Å². The standard InChI is InChI=1S/C17H11Cl3N2O3S2/c18-10-2-1-3-13(7-10)21-17(23)16-15(4-5-26-16)22-27(24,25)14-8-11(19)6-12(20)9-14/h1-9,22H,(H,21,23). The average molecular weight is 462 g/mol. The third-order valence-electron chi connectivity index (χ3n) is 3.34. The lowest BCUT2D eigenvalue weighted by Crippen LogP contribution is -2.17. The molecule has 3 rings (SSSR count). The number of sulfonamides is 1. The summed E-state index contributed by atoms with van der Waals surface area (Å²) in [7, 11) is -3.98. The second-order valence-corrected chi connectivity index (χ2v) is 9.25. The van der Waals surface area contributed by atoms with Crippen molar-refractivity contribution in [2.24, 2.45) is 0 Å². The van der Waals surface area contributed by atoms with Crippen molar-refractivity contribution >= 4 is 73.4 Å². The Balaban J connectivity index is 1.85. The summed E-state index contributed by atoms with van der Waals surface area (Å²) in [6, 6.07) is 12.1. The van der Waals surface area contributed by atoms with Gasteiger partial charge in [-0.05, 0) is 47.8 Å². The molecule has 0 aliphatic carbocycles. The molecule has 0 aliphatic heterocycles. The summed E-state index contributed by atoms with van der Waals surface area (Å²) in [5.74, 6) is -0.464. The van der Waals surface area contributed by atoms with E-state index in [4.69, 9.17) is 34.8 Å². The van der Waals surface area contributed by atoms with Crippen molar-refractivity contribution in [2.45, 2.75) is 4.90 Å². The predicted molar refractivity (Wildman–Crippen MR) is 111 cm³/mol. The predicted octanol–water partition coefficient (Wildman–Crippen LogP) is 5.76. The Morgan fingerprint density at radius 3 is 2.30 bits per heavy atom. The summed E-state index contributed by atoms with van der Waals surface area (Å²) >= 11 is 18.7. The van der Waals surface area contributed by atoms with Crippen LogP contribution in [-0.4, -0.2) is 14.3 Å². The molecule has 10 heteroatoms. The molecule has 140 valence electrons. The molecule has 0 fully saturated rings. The molecule has 0 radical (unpaired) electrons. The minimum atomic E-state index is -3.98. The summed E-state index contributed by atoms with van der Waals surface area (Å²) in [5.41, 5.74) is 0.645. The first-order valence-electron chi connectivity index (χ1n) is 7.38. The SMILES string of the molecule is O=C(Nc1cccc(Cl)c1)c1sccc1NS(=O)(=O)c1cc(Cl)cc(Cl)c1. The highest BCUT2D eigenvalue weighted by molar-refractivity contribution is 7.92. The van der Waals surface area contributed by atoms with Gasteiger partial charge in [0, 0.05) is 20.8 Å². The van der Waals surface area contributed by atoms with Gasteiger partial charge < -0.3 is 5.32 Å². The molecule has 1 amide bonds. The van der Waals surface area contributed by atoms with Crippen LogP contribution in [-0.2, 0) is 10.0 Å². The van der Waals surface area contributed by atoms with E-state index in [9.17, 15) is 13.2 Å². The number of rotatable bonds is 5. The average Bonchev–Trinajstić information content (AvgIpc) is 3.01. The molecule has 0 unspecified atom stereocenters. The molecular weight excluding hydrogens is 451 g/mol. The van der Waals surface area contributed by atoms with Gasteiger partial charge in [-0.1, -0.05) is 40.9 Å². The van der Waals surface area contributed by atoms with E-state index in [1.54, 1.807) is 29.6 Å². The number of carbonyl (C=O) groups excluding carboxylic acids is 1. The molecule has 1 aromatic heterocycles. The Bertz CT molecular complexity index is 1090. The van der Waals surface area contributed by atoms with E-state index in [1.165, 1.54) is 24.3 Å². The number of nitrogens with one attached hydrogen (secondary N) is 2. The van der Waals surface area contributed by atoms with Crippen LogP contribution in [0.5, 0.6) is 0 Å². The number of hydrogen-bond donors (Lipinski definition) is 2. The Hall–Kier alpha value is -1.77. The zero-order valence-electron chi connectivity index (χ0n) is 13.4. The van der Waals surface area contributed by atoms with Crippen molar-refractivity contribution in [3.05, 3.63) is 73.9 Å². The van der Waals surface area contributed by atoms with Gasteiger partial charge in [-0.2, -0.15) is 0 Å². The zero-order valence-corrected chi connectivity index (χ0v) is 17.3. The fraction of sp³-hybridized carbons (Fsp3) is 0. The molecule has 3 aromatic rings. The van der Waals surface area contributed by atoms with E-state index in [-0.39, 0.29) is 25.5 Å².